The molecule has 0 amide bonds. The third-order valence-corrected chi connectivity index (χ3v) is 7.21. The van der Waals surface area contributed by atoms with Crippen molar-refractivity contribution in [3.63, 3.8) is 0 Å². The zero-order valence-corrected chi connectivity index (χ0v) is 16.8. The van der Waals surface area contributed by atoms with Crippen molar-refractivity contribution in [2.45, 2.75) is 36.8 Å². The number of ether oxygens (including phenoxy) is 3. The Morgan fingerprint density at radius 2 is 1.88 bits per heavy atom. The van der Waals surface area contributed by atoms with Gasteiger partial charge in [0.25, 0.3) is 0 Å². The number of benzene rings is 2. The van der Waals surface area contributed by atoms with E-state index in [9.17, 15) is 4.79 Å². The van der Waals surface area contributed by atoms with Gasteiger partial charge in [0.1, 0.15) is 0 Å². The Labute approximate surface area is 161 Å². The van der Waals surface area contributed by atoms with Gasteiger partial charge < -0.3 is 0 Å². The fourth-order valence-corrected chi connectivity index (χ4v) is 6.04. The van der Waals surface area contributed by atoms with Gasteiger partial charge in [-0.1, -0.05) is 0 Å². The van der Waals surface area contributed by atoms with Gasteiger partial charge in [-0.2, -0.15) is 0 Å². The molecule has 3 atom stereocenters. The molecule has 138 valence electrons. The molecule has 0 bridgehead atoms. The van der Waals surface area contributed by atoms with Crippen molar-refractivity contribution in [1.82, 2.24) is 0 Å². The molecule has 5 heteroatoms. The van der Waals surface area contributed by atoms with Crippen molar-refractivity contribution < 1.29 is 19.0 Å². The average molecular weight is 419 g/mol. The van der Waals surface area contributed by atoms with E-state index in [0.717, 1.165) is 12.0 Å². The van der Waals surface area contributed by atoms with Crippen LogP contribution in [-0.2, 0) is 19.0 Å². The van der Waals surface area contributed by atoms with Gasteiger partial charge >= 0.3 is 161 Å². The molecule has 0 aromatic heterocycles. The first-order valence-electron chi connectivity index (χ1n) is 8.83. The molecule has 1 heterocycles. The summed E-state index contributed by atoms with van der Waals surface area (Å²) in [5, 5.41) is 0. The van der Waals surface area contributed by atoms with Crippen LogP contribution in [0.4, 0.5) is 0 Å². The number of hydrogen-bond acceptors (Lipinski definition) is 4. The Balaban J connectivity index is 1.82. The molecule has 26 heavy (non-hydrogen) atoms. The predicted octanol–water partition coefficient (Wildman–Crippen LogP) is 3.56. The molecule has 0 spiro atoms. The van der Waals surface area contributed by atoms with E-state index in [-0.39, 0.29) is 44.7 Å². The van der Waals surface area contributed by atoms with Gasteiger partial charge in [-0.25, -0.2) is 0 Å². The number of carbonyl (C=O) groups is 1. The minimum atomic E-state index is -0.156. The van der Waals surface area contributed by atoms with E-state index in [0.29, 0.717) is 6.42 Å². The quantitative estimate of drug-likeness (QED) is 0.373. The second-order valence-electron chi connectivity index (χ2n) is 6.19. The Kier molecular flexibility index (Phi) is 6.86. The first kappa shape index (κ1) is 19.1. The molecule has 0 radical (unpaired) electrons. The number of rotatable bonds is 8. The average Bonchev–Trinajstić information content (AvgIpc) is 3.04. The van der Waals surface area contributed by atoms with Crippen LogP contribution >= 0.6 is 0 Å². The molecule has 1 fully saturated rings. The Hall–Kier alpha value is -1.65. The van der Waals surface area contributed by atoms with Gasteiger partial charge in [0.2, 0.25) is 0 Å². The van der Waals surface area contributed by atoms with E-state index >= 15 is 0 Å². The second kappa shape index (κ2) is 9.33. The summed E-state index contributed by atoms with van der Waals surface area (Å²) in [5.74, 6) is -0.106. The summed E-state index contributed by atoms with van der Waals surface area (Å²) < 4.78 is 17.8. The van der Waals surface area contributed by atoms with E-state index in [1.807, 2.05) is 36.4 Å². The fourth-order valence-electron chi connectivity index (χ4n) is 3.16. The first-order chi connectivity index (χ1) is 12.7. The van der Waals surface area contributed by atoms with Crippen LogP contribution in [0.5, 0.6) is 0 Å². The second-order valence-corrected chi connectivity index (χ2v) is 8.88. The van der Waals surface area contributed by atoms with E-state index in [1.54, 1.807) is 7.11 Å². The van der Waals surface area contributed by atoms with Crippen LogP contribution in [0.15, 0.2) is 54.6 Å². The van der Waals surface area contributed by atoms with Crippen LogP contribution in [0.1, 0.15) is 43.1 Å². The van der Waals surface area contributed by atoms with E-state index in [2.05, 4.69) is 25.1 Å². The summed E-state index contributed by atoms with van der Waals surface area (Å²) in [6.45, 7) is 2.39. The Bertz CT molecular complexity index is 719. The maximum absolute atomic E-state index is 12.0. The SMILES string of the molecule is CC[C@H](OCOC)c1ccccc1[Se][C@H]1CC(=O)O[C@H]1c1ccccc1. The standard InChI is InChI=1S/C21H24O4Se/c1-3-17(24-14-23-2)16-11-7-8-12-18(16)26-19-13-20(22)25-21(19)15-9-5-4-6-10-15/h4-12,17,19,21H,3,13-14H2,1-2H3/t17-,19-,21-/m0/s1. The third kappa shape index (κ3) is 4.54. The monoisotopic (exact) mass is 420 g/mol. The summed E-state index contributed by atoms with van der Waals surface area (Å²) in [7, 11) is 1.63. The molecule has 3 rings (SSSR count). The van der Waals surface area contributed by atoms with Gasteiger partial charge in [-0.05, 0) is 0 Å². The first-order valence-corrected chi connectivity index (χ1v) is 10.7. The van der Waals surface area contributed by atoms with Crippen molar-refractivity contribution in [2.75, 3.05) is 13.9 Å². The summed E-state index contributed by atoms with van der Waals surface area (Å²) in [6.07, 6.45) is 1.19. The van der Waals surface area contributed by atoms with Crippen molar-refractivity contribution in [1.29, 1.82) is 0 Å². The summed E-state index contributed by atoms with van der Waals surface area (Å²) in [6, 6.07) is 18.4. The molecule has 0 saturated carbocycles. The zero-order valence-electron chi connectivity index (χ0n) is 15.1. The van der Waals surface area contributed by atoms with E-state index in [4.69, 9.17) is 14.2 Å². The maximum atomic E-state index is 12.0. The topological polar surface area (TPSA) is 44.8 Å². The Morgan fingerprint density at radius 1 is 1.15 bits per heavy atom. The van der Waals surface area contributed by atoms with Crippen molar-refractivity contribution >= 4 is 25.4 Å². The summed E-state index contributed by atoms with van der Waals surface area (Å²) in [4.78, 5) is 12.2. The fraction of sp³-hybridized carbons (Fsp3) is 0.381. The summed E-state index contributed by atoms with van der Waals surface area (Å²) >= 11 is 0.104. The van der Waals surface area contributed by atoms with Crippen molar-refractivity contribution in [3.8, 4) is 0 Å². The van der Waals surface area contributed by atoms with Crippen molar-refractivity contribution in [3.05, 3.63) is 65.7 Å². The van der Waals surface area contributed by atoms with Crippen LogP contribution in [-0.4, -0.2) is 34.8 Å². The molecule has 1 aliphatic heterocycles. The van der Waals surface area contributed by atoms with Gasteiger partial charge in [0.15, 0.2) is 0 Å². The molecule has 4 nitrogen and oxygen atoms in total. The zero-order chi connectivity index (χ0) is 18.4. The summed E-state index contributed by atoms with van der Waals surface area (Å²) in [5.41, 5.74) is 2.27. The van der Waals surface area contributed by atoms with Crippen LogP contribution in [0, 0.1) is 0 Å². The minimum absolute atomic E-state index is 0.00113. The normalized spacial score (nSPS) is 20.8. The van der Waals surface area contributed by atoms with Gasteiger partial charge in [-0.15, -0.1) is 0 Å². The van der Waals surface area contributed by atoms with Gasteiger partial charge in [0.05, 0.1) is 0 Å². The molecule has 2 aromatic carbocycles. The third-order valence-electron chi connectivity index (χ3n) is 4.39. The molecule has 2 aromatic rings. The molecule has 1 saturated heterocycles. The molecular weight excluding hydrogens is 395 g/mol. The number of hydrogen-bond donors (Lipinski definition) is 0. The molecular formula is C21H24O4Se. The van der Waals surface area contributed by atoms with Gasteiger partial charge in [0, 0.05) is 0 Å². The van der Waals surface area contributed by atoms with Crippen LogP contribution in [0.25, 0.3) is 0 Å². The van der Waals surface area contributed by atoms with E-state index < -0.39 is 0 Å². The molecule has 1 aliphatic rings. The van der Waals surface area contributed by atoms with Crippen LogP contribution < -0.4 is 4.46 Å². The van der Waals surface area contributed by atoms with Crippen molar-refractivity contribution in [2.24, 2.45) is 0 Å². The number of carbonyl (C=O) groups excluding carboxylic acids is 1. The number of methoxy groups -OCH3 is 1. The molecule has 0 N–H and O–H groups in total. The predicted molar refractivity (Wildman–Crippen MR) is 101 cm³/mol. The molecule has 0 unspecified atom stereocenters. The number of esters is 1. The Morgan fingerprint density at radius 3 is 2.62 bits per heavy atom. The van der Waals surface area contributed by atoms with Crippen LogP contribution in [0.2, 0.25) is 4.82 Å². The van der Waals surface area contributed by atoms with E-state index in [1.165, 1.54) is 10.0 Å². The number of cyclic esters (lactones) is 1. The van der Waals surface area contributed by atoms with Crippen LogP contribution in [0.3, 0.4) is 0 Å². The molecule has 0 aliphatic carbocycles. The van der Waals surface area contributed by atoms with Gasteiger partial charge in [-0.3, -0.25) is 0 Å².